The van der Waals surface area contributed by atoms with Crippen molar-refractivity contribution in [3.05, 3.63) is 53.1 Å². The lowest BCUT2D eigenvalue weighted by atomic mass is 10.1. The maximum absolute atomic E-state index is 12.2. The predicted octanol–water partition coefficient (Wildman–Crippen LogP) is 2.17. The van der Waals surface area contributed by atoms with E-state index in [1.54, 1.807) is 6.20 Å². The third-order valence-corrected chi connectivity index (χ3v) is 4.69. The molecule has 1 N–H and O–H groups in total. The van der Waals surface area contributed by atoms with E-state index in [4.69, 9.17) is 11.6 Å². The molecule has 0 saturated heterocycles. The van der Waals surface area contributed by atoms with Gasteiger partial charge in [0.2, 0.25) is 10.0 Å². The van der Waals surface area contributed by atoms with Gasteiger partial charge in [-0.25, -0.2) is 13.1 Å². The number of nitrogens with zero attached hydrogens (tertiary/aromatic N) is 2. The molecular formula is C13H14ClN3O2S. The van der Waals surface area contributed by atoms with Gasteiger partial charge in [-0.1, -0.05) is 24.6 Å². The highest BCUT2D eigenvalue weighted by molar-refractivity contribution is 7.89. The molecule has 2 aromatic heterocycles. The van der Waals surface area contributed by atoms with E-state index in [2.05, 4.69) is 14.7 Å². The predicted molar refractivity (Wildman–Crippen MR) is 76.9 cm³/mol. The fraction of sp³-hybridized carbons (Fsp3) is 0.231. The first-order valence-corrected chi connectivity index (χ1v) is 7.92. The van der Waals surface area contributed by atoms with Crippen LogP contribution in [-0.2, 0) is 23.0 Å². The summed E-state index contributed by atoms with van der Waals surface area (Å²) in [6.07, 6.45) is 5.09. The number of sulfonamides is 1. The molecule has 0 aliphatic carbocycles. The molecule has 0 aromatic carbocycles. The van der Waals surface area contributed by atoms with Crippen molar-refractivity contribution < 1.29 is 8.42 Å². The fourth-order valence-corrected chi connectivity index (χ4v) is 3.17. The van der Waals surface area contributed by atoms with Gasteiger partial charge >= 0.3 is 0 Å². The SMILES string of the molecule is CCc1cccnc1CNS(=O)(=O)c1cnccc1Cl. The normalized spacial score (nSPS) is 11.5. The maximum atomic E-state index is 12.2. The van der Waals surface area contributed by atoms with Crippen molar-refractivity contribution in [3.63, 3.8) is 0 Å². The van der Waals surface area contributed by atoms with Crippen molar-refractivity contribution >= 4 is 21.6 Å². The summed E-state index contributed by atoms with van der Waals surface area (Å²) in [6, 6.07) is 5.19. The number of rotatable bonds is 5. The van der Waals surface area contributed by atoms with E-state index >= 15 is 0 Å². The smallest absolute Gasteiger partial charge is 0.243 e. The zero-order valence-corrected chi connectivity index (χ0v) is 12.4. The van der Waals surface area contributed by atoms with Gasteiger partial charge in [0.25, 0.3) is 0 Å². The maximum Gasteiger partial charge on any atom is 0.243 e. The van der Waals surface area contributed by atoms with E-state index in [0.29, 0.717) is 5.69 Å². The molecule has 0 aliphatic heterocycles. The Morgan fingerprint density at radius 2 is 2.10 bits per heavy atom. The summed E-state index contributed by atoms with van der Waals surface area (Å²) in [4.78, 5) is 7.94. The summed E-state index contributed by atoms with van der Waals surface area (Å²) in [5.74, 6) is 0. The Kier molecular flexibility index (Phi) is 4.69. The van der Waals surface area contributed by atoms with Crippen LogP contribution in [0.5, 0.6) is 0 Å². The number of hydrogen-bond donors (Lipinski definition) is 1. The van der Waals surface area contributed by atoms with Crippen molar-refractivity contribution in [2.24, 2.45) is 0 Å². The lowest BCUT2D eigenvalue weighted by Gasteiger charge is -2.09. The second kappa shape index (κ2) is 6.30. The highest BCUT2D eigenvalue weighted by Crippen LogP contribution is 2.19. The van der Waals surface area contributed by atoms with Crippen LogP contribution in [0, 0.1) is 0 Å². The van der Waals surface area contributed by atoms with Gasteiger partial charge in [0, 0.05) is 18.6 Å². The number of aryl methyl sites for hydroxylation is 1. The van der Waals surface area contributed by atoms with Gasteiger partial charge in [0.05, 0.1) is 17.3 Å². The van der Waals surface area contributed by atoms with E-state index in [-0.39, 0.29) is 16.5 Å². The van der Waals surface area contributed by atoms with Crippen LogP contribution in [0.1, 0.15) is 18.2 Å². The van der Waals surface area contributed by atoms with Gasteiger partial charge < -0.3 is 0 Å². The van der Waals surface area contributed by atoms with Crippen molar-refractivity contribution in [2.45, 2.75) is 24.8 Å². The third kappa shape index (κ3) is 3.33. The van der Waals surface area contributed by atoms with E-state index in [1.807, 2.05) is 19.1 Å². The molecule has 0 saturated carbocycles. The molecule has 0 aliphatic rings. The standard InChI is InChI=1S/C13H14ClN3O2S/c1-2-10-4-3-6-16-12(10)8-17-20(18,19)13-9-15-7-5-11(13)14/h3-7,9,17H,2,8H2,1H3. The minimum absolute atomic E-state index is 0.0318. The average Bonchev–Trinajstić information content (AvgIpc) is 2.46. The molecular weight excluding hydrogens is 298 g/mol. The Hall–Kier alpha value is -1.50. The van der Waals surface area contributed by atoms with Crippen molar-refractivity contribution in [1.82, 2.24) is 14.7 Å². The van der Waals surface area contributed by atoms with Crippen LogP contribution in [0.3, 0.4) is 0 Å². The molecule has 2 rings (SSSR count). The van der Waals surface area contributed by atoms with Crippen molar-refractivity contribution in [1.29, 1.82) is 0 Å². The second-order valence-corrected chi connectivity index (χ2v) is 6.24. The topological polar surface area (TPSA) is 72.0 Å². The first-order valence-electron chi connectivity index (χ1n) is 6.06. The number of hydrogen-bond acceptors (Lipinski definition) is 4. The Balaban J connectivity index is 2.20. The molecule has 20 heavy (non-hydrogen) atoms. The fourth-order valence-electron chi connectivity index (χ4n) is 1.75. The van der Waals surface area contributed by atoms with Crippen LogP contribution in [0.15, 0.2) is 41.7 Å². The van der Waals surface area contributed by atoms with Crippen LogP contribution in [0.2, 0.25) is 5.02 Å². The van der Waals surface area contributed by atoms with Crippen LogP contribution in [0.4, 0.5) is 0 Å². The molecule has 0 bridgehead atoms. The summed E-state index contributed by atoms with van der Waals surface area (Å²) in [6.45, 7) is 2.12. The zero-order chi connectivity index (χ0) is 14.6. The minimum atomic E-state index is -3.70. The number of halogens is 1. The van der Waals surface area contributed by atoms with Crippen LogP contribution >= 0.6 is 11.6 Å². The second-order valence-electron chi connectivity index (χ2n) is 4.09. The van der Waals surface area contributed by atoms with Crippen molar-refractivity contribution in [3.8, 4) is 0 Å². The molecule has 0 atom stereocenters. The minimum Gasteiger partial charge on any atom is -0.263 e. The van der Waals surface area contributed by atoms with Gasteiger partial charge in [-0.05, 0) is 24.1 Å². The Morgan fingerprint density at radius 1 is 1.30 bits per heavy atom. The summed E-state index contributed by atoms with van der Waals surface area (Å²) in [7, 11) is -3.70. The Morgan fingerprint density at radius 3 is 2.80 bits per heavy atom. The van der Waals surface area contributed by atoms with Crippen LogP contribution < -0.4 is 4.72 Å². The van der Waals surface area contributed by atoms with E-state index in [1.165, 1.54) is 18.5 Å². The molecule has 2 aromatic rings. The molecule has 0 radical (unpaired) electrons. The quantitative estimate of drug-likeness (QED) is 0.918. The number of aromatic nitrogens is 2. The van der Waals surface area contributed by atoms with Crippen molar-refractivity contribution in [2.75, 3.05) is 0 Å². The zero-order valence-electron chi connectivity index (χ0n) is 10.9. The highest BCUT2D eigenvalue weighted by atomic mass is 35.5. The highest BCUT2D eigenvalue weighted by Gasteiger charge is 2.18. The number of nitrogens with one attached hydrogen (secondary N) is 1. The summed E-state index contributed by atoms with van der Waals surface area (Å²) < 4.78 is 26.8. The largest absolute Gasteiger partial charge is 0.263 e. The molecule has 2 heterocycles. The van der Waals surface area contributed by atoms with Gasteiger partial charge in [0.15, 0.2) is 0 Å². The Bertz CT molecular complexity index is 704. The molecule has 0 unspecified atom stereocenters. The molecule has 7 heteroatoms. The van der Waals surface area contributed by atoms with Gasteiger partial charge in [-0.15, -0.1) is 0 Å². The van der Waals surface area contributed by atoms with Crippen LogP contribution in [0.25, 0.3) is 0 Å². The molecule has 0 fully saturated rings. The number of pyridine rings is 2. The first kappa shape index (κ1) is 14.9. The molecule has 106 valence electrons. The lowest BCUT2D eigenvalue weighted by molar-refractivity contribution is 0.579. The third-order valence-electron chi connectivity index (χ3n) is 2.82. The van der Waals surface area contributed by atoms with Gasteiger partial charge in [-0.3, -0.25) is 9.97 Å². The van der Waals surface area contributed by atoms with Crippen LogP contribution in [-0.4, -0.2) is 18.4 Å². The van der Waals surface area contributed by atoms with Gasteiger partial charge in [-0.2, -0.15) is 0 Å². The van der Waals surface area contributed by atoms with Gasteiger partial charge in [0.1, 0.15) is 4.90 Å². The summed E-state index contributed by atoms with van der Waals surface area (Å²) >= 11 is 5.87. The monoisotopic (exact) mass is 311 g/mol. The molecule has 5 nitrogen and oxygen atoms in total. The lowest BCUT2D eigenvalue weighted by Crippen LogP contribution is -2.24. The van der Waals surface area contributed by atoms with E-state index in [0.717, 1.165) is 12.0 Å². The molecule has 0 spiro atoms. The Labute approximate surface area is 123 Å². The first-order chi connectivity index (χ1) is 9.54. The van der Waals surface area contributed by atoms with E-state index < -0.39 is 10.0 Å². The van der Waals surface area contributed by atoms with E-state index in [9.17, 15) is 8.42 Å². The summed E-state index contributed by atoms with van der Waals surface area (Å²) in [5, 5.41) is 0.143. The molecule has 0 amide bonds. The average molecular weight is 312 g/mol. The summed E-state index contributed by atoms with van der Waals surface area (Å²) in [5.41, 5.74) is 1.71.